The van der Waals surface area contributed by atoms with Gasteiger partial charge in [0.05, 0.1) is 6.10 Å². The van der Waals surface area contributed by atoms with Gasteiger partial charge in [-0.05, 0) is 125 Å². The third kappa shape index (κ3) is 13.1. The van der Waals surface area contributed by atoms with Gasteiger partial charge in [0.2, 0.25) is 0 Å². The summed E-state index contributed by atoms with van der Waals surface area (Å²) in [5.41, 5.74) is 3.93. The Balaban J connectivity index is 0.000000362. The van der Waals surface area contributed by atoms with Gasteiger partial charge in [0.1, 0.15) is 0 Å². The molecule has 4 aliphatic rings. The highest BCUT2D eigenvalue weighted by Gasteiger charge is 2.42. The maximum absolute atomic E-state index is 9.23. The van der Waals surface area contributed by atoms with Crippen molar-refractivity contribution in [2.45, 2.75) is 177 Å². The van der Waals surface area contributed by atoms with Crippen LogP contribution in [-0.4, -0.2) is 17.8 Å². The second kappa shape index (κ2) is 20.2. The molecule has 2 N–H and O–H groups in total. The van der Waals surface area contributed by atoms with Gasteiger partial charge >= 0.3 is 0 Å². The van der Waals surface area contributed by atoms with Gasteiger partial charge in [0.25, 0.3) is 0 Å². The van der Waals surface area contributed by atoms with Crippen LogP contribution in [-0.2, 0) is 0 Å². The van der Waals surface area contributed by atoms with Crippen LogP contribution in [0.5, 0.6) is 0 Å². The first-order chi connectivity index (χ1) is 18.0. The van der Waals surface area contributed by atoms with E-state index < -0.39 is 0 Å². The van der Waals surface area contributed by atoms with E-state index in [1.54, 1.807) is 11.3 Å². The molecular weight excluding hydrogens is 462 g/mol. The lowest BCUT2D eigenvalue weighted by molar-refractivity contribution is 0.104. The molecular formula is C36H69NO. The van der Waals surface area contributed by atoms with Gasteiger partial charge in [-0.1, -0.05) is 86.3 Å². The summed E-state index contributed by atoms with van der Waals surface area (Å²) in [4.78, 5) is 0. The number of hydrogen-bond donors (Lipinski definition) is 2. The molecule has 1 spiro atoms. The highest BCUT2D eigenvalue weighted by Crippen LogP contribution is 2.52. The lowest BCUT2D eigenvalue weighted by atomic mass is 9.68. The lowest BCUT2D eigenvalue weighted by Crippen LogP contribution is -2.26. The van der Waals surface area contributed by atoms with Crippen molar-refractivity contribution in [2.75, 3.05) is 6.54 Å². The van der Waals surface area contributed by atoms with Crippen LogP contribution in [0.4, 0.5) is 0 Å². The van der Waals surface area contributed by atoms with E-state index in [1.165, 1.54) is 116 Å². The number of rotatable bonds is 12. The zero-order chi connectivity index (χ0) is 26.9. The van der Waals surface area contributed by atoms with Crippen LogP contribution in [0.2, 0.25) is 0 Å². The summed E-state index contributed by atoms with van der Waals surface area (Å²) in [5, 5.41) is 12.9. The smallest absolute Gasteiger partial charge is 0.0545 e. The van der Waals surface area contributed by atoms with Gasteiger partial charge in [-0.15, -0.1) is 0 Å². The predicted octanol–water partition coefficient (Wildman–Crippen LogP) is 11.1. The first kappa shape index (κ1) is 35.3. The predicted molar refractivity (Wildman–Crippen MR) is 171 cm³/mol. The minimum Gasteiger partial charge on any atom is -0.393 e. The molecule has 0 aromatic heterocycles. The summed E-state index contributed by atoms with van der Waals surface area (Å²) in [6.07, 6.45) is 31.6. The molecule has 0 aliphatic heterocycles. The molecule has 2 nitrogen and oxygen atoms in total. The van der Waals surface area contributed by atoms with E-state index in [0.717, 1.165) is 37.1 Å². The van der Waals surface area contributed by atoms with Crippen LogP contribution in [0.15, 0.2) is 23.4 Å². The van der Waals surface area contributed by atoms with Crippen molar-refractivity contribution >= 4 is 0 Å². The fourth-order valence-corrected chi connectivity index (χ4v) is 7.03. The maximum Gasteiger partial charge on any atom is 0.0545 e. The minimum atomic E-state index is 0. The topological polar surface area (TPSA) is 32.3 Å². The molecule has 0 radical (unpaired) electrons. The number of aliphatic hydroxyl groups is 1. The quantitative estimate of drug-likeness (QED) is 0.245. The molecule has 0 saturated heterocycles. The fourth-order valence-electron chi connectivity index (χ4n) is 7.03. The molecule has 1 atom stereocenters. The summed E-state index contributed by atoms with van der Waals surface area (Å²) in [6, 6.07) is 0. The van der Waals surface area contributed by atoms with Gasteiger partial charge in [-0.2, -0.15) is 0 Å². The lowest BCUT2D eigenvalue weighted by Gasteiger charge is -2.38. The Labute approximate surface area is 239 Å². The Kier molecular flexibility index (Phi) is 18.7. The van der Waals surface area contributed by atoms with E-state index in [2.05, 4.69) is 52.1 Å². The Morgan fingerprint density at radius 2 is 1.45 bits per heavy atom. The Morgan fingerprint density at radius 1 is 0.789 bits per heavy atom. The summed E-state index contributed by atoms with van der Waals surface area (Å²) < 4.78 is 0. The molecule has 0 bridgehead atoms. The van der Waals surface area contributed by atoms with Crippen LogP contribution in [0, 0.1) is 23.2 Å². The van der Waals surface area contributed by atoms with Crippen molar-refractivity contribution in [3.63, 3.8) is 0 Å². The average molecular weight is 532 g/mol. The molecule has 0 aromatic rings. The first-order valence-electron chi connectivity index (χ1n) is 16.8. The largest absolute Gasteiger partial charge is 0.393 e. The molecule has 38 heavy (non-hydrogen) atoms. The molecule has 0 aromatic carbocycles. The van der Waals surface area contributed by atoms with E-state index in [4.69, 9.17) is 0 Å². The first-order valence-corrected chi connectivity index (χ1v) is 16.8. The van der Waals surface area contributed by atoms with Crippen LogP contribution in [0.3, 0.4) is 0 Å². The van der Waals surface area contributed by atoms with Crippen LogP contribution in [0.25, 0.3) is 0 Å². The van der Waals surface area contributed by atoms with Crippen molar-refractivity contribution in [3.8, 4) is 0 Å². The van der Waals surface area contributed by atoms with Crippen molar-refractivity contribution < 1.29 is 5.11 Å². The van der Waals surface area contributed by atoms with Gasteiger partial charge in [-0.25, -0.2) is 0 Å². The zero-order valence-electron chi connectivity index (χ0n) is 25.8. The van der Waals surface area contributed by atoms with E-state index in [9.17, 15) is 5.11 Å². The standard InChI is InChI=1S/C21H39N.C8H14O.C6H12.CH4/c1-5-9-10-11-12-18-13-15-19(16-14-18)20(7-3)21(8-4)22-17-6-2;9-7-2-5-8(6-7)3-1-4-8;1-2-3-6-4-5-6;/h9-10,18-19,22H,5-8,11-17H2,1-4H3;7,9H,1-6H2;6H,2-5H2,1H3;1H4/b10-9-,21-20-;;;. The SMILES string of the molecule is C.CC/C=C\CCC1CCC(/C(CC)=C(/CC)NCCC)CC1.CCCC1CC1.OC1CCC2(CCC2)C1. The Bertz CT molecular complexity index is 634. The maximum atomic E-state index is 9.23. The molecule has 4 saturated carbocycles. The average Bonchev–Trinajstić information content (AvgIpc) is 3.62. The van der Waals surface area contributed by atoms with Gasteiger partial charge < -0.3 is 10.4 Å². The van der Waals surface area contributed by atoms with Crippen molar-refractivity contribution in [1.82, 2.24) is 5.32 Å². The van der Waals surface area contributed by atoms with Crippen molar-refractivity contribution in [1.29, 1.82) is 0 Å². The highest BCUT2D eigenvalue weighted by atomic mass is 16.3. The molecule has 1 unspecified atom stereocenters. The van der Waals surface area contributed by atoms with Gasteiger partial charge in [0.15, 0.2) is 0 Å². The number of aliphatic hydroxyl groups excluding tert-OH is 1. The molecule has 4 aliphatic carbocycles. The van der Waals surface area contributed by atoms with E-state index in [0.29, 0.717) is 5.41 Å². The molecule has 4 fully saturated rings. The fraction of sp³-hybridized carbons (Fsp3) is 0.889. The molecule has 2 heteroatoms. The second-order valence-electron chi connectivity index (χ2n) is 12.8. The minimum absolute atomic E-state index is 0. The summed E-state index contributed by atoms with van der Waals surface area (Å²) >= 11 is 0. The van der Waals surface area contributed by atoms with Gasteiger partial charge in [0, 0.05) is 12.2 Å². The van der Waals surface area contributed by atoms with Crippen molar-refractivity contribution in [3.05, 3.63) is 23.4 Å². The van der Waals surface area contributed by atoms with Crippen LogP contribution < -0.4 is 5.32 Å². The summed E-state index contributed by atoms with van der Waals surface area (Å²) in [6.45, 7) is 12.5. The number of allylic oxidation sites excluding steroid dienone is 4. The summed E-state index contributed by atoms with van der Waals surface area (Å²) in [5.74, 6) is 2.98. The van der Waals surface area contributed by atoms with Gasteiger partial charge in [-0.3, -0.25) is 0 Å². The molecule has 0 amide bonds. The Hall–Kier alpha value is -0.760. The normalized spacial score (nSPS) is 26.3. The van der Waals surface area contributed by atoms with Crippen molar-refractivity contribution in [2.24, 2.45) is 23.2 Å². The highest BCUT2D eigenvalue weighted by molar-refractivity contribution is 5.16. The summed E-state index contributed by atoms with van der Waals surface area (Å²) in [7, 11) is 0. The third-order valence-corrected chi connectivity index (χ3v) is 9.68. The van der Waals surface area contributed by atoms with E-state index in [1.807, 2.05) is 0 Å². The van der Waals surface area contributed by atoms with E-state index in [-0.39, 0.29) is 13.5 Å². The van der Waals surface area contributed by atoms with E-state index >= 15 is 0 Å². The number of nitrogens with one attached hydrogen (secondary N) is 1. The third-order valence-electron chi connectivity index (χ3n) is 9.68. The van der Waals surface area contributed by atoms with Crippen LogP contribution in [0.1, 0.15) is 170 Å². The second-order valence-corrected chi connectivity index (χ2v) is 12.8. The molecule has 0 heterocycles. The molecule has 4 rings (SSSR count). The number of hydrogen-bond acceptors (Lipinski definition) is 2. The zero-order valence-corrected chi connectivity index (χ0v) is 25.8. The monoisotopic (exact) mass is 532 g/mol. The van der Waals surface area contributed by atoms with Crippen LogP contribution >= 0.6 is 0 Å². The Morgan fingerprint density at radius 3 is 1.84 bits per heavy atom. The molecule has 224 valence electrons.